The van der Waals surface area contributed by atoms with Gasteiger partial charge in [0.1, 0.15) is 0 Å². The Labute approximate surface area is 137 Å². The number of halogens is 2. The van der Waals surface area contributed by atoms with Gasteiger partial charge >= 0.3 is 0 Å². The van der Waals surface area contributed by atoms with Crippen LogP contribution in [0.25, 0.3) is 0 Å². The second kappa shape index (κ2) is 6.77. The third-order valence-electron chi connectivity index (χ3n) is 3.12. The van der Waals surface area contributed by atoms with Crippen molar-refractivity contribution in [1.29, 1.82) is 0 Å². The van der Waals surface area contributed by atoms with E-state index < -0.39 is 10.8 Å². The van der Waals surface area contributed by atoms with Crippen LogP contribution in [0.2, 0.25) is 10.0 Å². The van der Waals surface area contributed by atoms with Crippen molar-refractivity contribution in [2.75, 3.05) is 0 Å². The smallest absolute Gasteiger partial charge is 0.273 e. The third kappa shape index (κ3) is 3.75. The molecule has 0 aromatic heterocycles. The van der Waals surface area contributed by atoms with Gasteiger partial charge in [0.15, 0.2) is 0 Å². The molecule has 0 unspecified atom stereocenters. The molecule has 0 heterocycles. The van der Waals surface area contributed by atoms with Crippen molar-refractivity contribution < 1.29 is 9.72 Å². The number of amides is 1. The number of aryl methyl sites for hydroxylation is 1. The highest BCUT2D eigenvalue weighted by molar-refractivity contribution is 6.35. The summed E-state index contributed by atoms with van der Waals surface area (Å²) in [4.78, 5) is 22.5. The van der Waals surface area contributed by atoms with Gasteiger partial charge in [0.05, 0.1) is 4.92 Å². The minimum Gasteiger partial charge on any atom is -0.348 e. The number of nitrogens with zero attached hydrogens (tertiary/aromatic N) is 1. The van der Waals surface area contributed by atoms with Crippen LogP contribution in [-0.2, 0) is 6.54 Å². The summed E-state index contributed by atoms with van der Waals surface area (Å²) in [5, 5.41) is 14.5. The van der Waals surface area contributed by atoms with Crippen molar-refractivity contribution in [3.8, 4) is 0 Å². The average Bonchev–Trinajstić information content (AvgIpc) is 2.46. The van der Waals surface area contributed by atoms with Gasteiger partial charge in [-0.1, -0.05) is 35.3 Å². The Bertz CT molecular complexity index is 748. The summed E-state index contributed by atoms with van der Waals surface area (Å²) in [5.41, 5.74) is 1.35. The fourth-order valence-corrected chi connectivity index (χ4v) is 2.37. The SMILES string of the molecule is Cc1ccc(C(=O)NCc2ccc(Cl)cc2Cl)cc1[N+](=O)[O-]. The van der Waals surface area contributed by atoms with E-state index in [-0.39, 0.29) is 17.8 Å². The maximum Gasteiger partial charge on any atom is 0.273 e. The van der Waals surface area contributed by atoms with Gasteiger partial charge < -0.3 is 5.32 Å². The van der Waals surface area contributed by atoms with Crippen LogP contribution >= 0.6 is 23.2 Å². The zero-order valence-electron chi connectivity index (χ0n) is 11.6. The lowest BCUT2D eigenvalue weighted by Crippen LogP contribution is -2.23. The molecule has 2 aromatic rings. The van der Waals surface area contributed by atoms with E-state index in [1.54, 1.807) is 37.3 Å². The maximum atomic E-state index is 12.1. The molecule has 2 rings (SSSR count). The Hall–Kier alpha value is -2.11. The normalized spacial score (nSPS) is 10.3. The van der Waals surface area contributed by atoms with Crippen LogP contribution < -0.4 is 5.32 Å². The number of hydrogen-bond donors (Lipinski definition) is 1. The van der Waals surface area contributed by atoms with E-state index in [0.717, 1.165) is 0 Å². The Morgan fingerprint density at radius 3 is 2.59 bits per heavy atom. The fraction of sp³-hybridized carbons (Fsp3) is 0.133. The van der Waals surface area contributed by atoms with Crippen LogP contribution in [0, 0.1) is 17.0 Å². The largest absolute Gasteiger partial charge is 0.348 e. The first kappa shape index (κ1) is 16.3. The number of nitrogens with one attached hydrogen (secondary N) is 1. The fourth-order valence-electron chi connectivity index (χ4n) is 1.89. The zero-order chi connectivity index (χ0) is 16.3. The summed E-state index contributed by atoms with van der Waals surface area (Å²) in [6, 6.07) is 9.31. The van der Waals surface area contributed by atoms with Crippen LogP contribution in [0.5, 0.6) is 0 Å². The number of hydrogen-bond acceptors (Lipinski definition) is 3. The Morgan fingerprint density at radius 2 is 1.95 bits per heavy atom. The van der Waals surface area contributed by atoms with Gasteiger partial charge in [0, 0.05) is 33.8 Å². The molecule has 22 heavy (non-hydrogen) atoms. The first-order valence-corrected chi connectivity index (χ1v) is 7.11. The van der Waals surface area contributed by atoms with Crippen LogP contribution in [0.4, 0.5) is 5.69 Å². The van der Waals surface area contributed by atoms with Gasteiger partial charge in [-0.15, -0.1) is 0 Å². The third-order valence-corrected chi connectivity index (χ3v) is 3.71. The summed E-state index contributed by atoms with van der Waals surface area (Å²) < 4.78 is 0. The molecular formula is C15H12Cl2N2O3. The monoisotopic (exact) mass is 338 g/mol. The molecule has 0 radical (unpaired) electrons. The number of carbonyl (C=O) groups excluding carboxylic acids is 1. The average molecular weight is 339 g/mol. The molecule has 1 N–H and O–H groups in total. The van der Waals surface area contributed by atoms with Crippen molar-refractivity contribution in [1.82, 2.24) is 5.32 Å². The van der Waals surface area contributed by atoms with Gasteiger partial charge in [0.2, 0.25) is 0 Å². The van der Waals surface area contributed by atoms with Gasteiger partial charge in [0.25, 0.3) is 11.6 Å². The number of carbonyl (C=O) groups is 1. The van der Waals surface area contributed by atoms with Gasteiger partial charge in [-0.05, 0) is 30.7 Å². The molecular weight excluding hydrogens is 327 g/mol. The van der Waals surface area contributed by atoms with E-state index in [4.69, 9.17) is 23.2 Å². The highest BCUT2D eigenvalue weighted by Crippen LogP contribution is 2.22. The van der Waals surface area contributed by atoms with E-state index in [1.165, 1.54) is 6.07 Å². The van der Waals surface area contributed by atoms with Crippen molar-refractivity contribution in [3.63, 3.8) is 0 Å². The lowest BCUT2D eigenvalue weighted by molar-refractivity contribution is -0.385. The lowest BCUT2D eigenvalue weighted by atomic mass is 10.1. The standard InChI is InChI=1S/C15H12Cl2N2O3/c1-9-2-3-10(6-14(9)19(21)22)15(20)18-8-11-4-5-12(16)7-13(11)17/h2-7H,8H2,1H3,(H,18,20). The summed E-state index contributed by atoms with van der Waals surface area (Å²) in [5.74, 6) is -0.408. The predicted octanol–water partition coefficient (Wildman–Crippen LogP) is 4.14. The van der Waals surface area contributed by atoms with Gasteiger partial charge in [-0.2, -0.15) is 0 Å². The van der Waals surface area contributed by atoms with Gasteiger partial charge in [-0.25, -0.2) is 0 Å². The maximum absolute atomic E-state index is 12.1. The zero-order valence-corrected chi connectivity index (χ0v) is 13.1. The minimum atomic E-state index is -0.512. The summed E-state index contributed by atoms with van der Waals surface area (Å²) in [7, 11) is 0. The van der Waals surface area contributed by atoms with Crippen LogP contribution in [0.3, 0.4) is 0 Å². The number of nitro groups is 1. The van der Waals surface area contributed by atoms with Crippen molar-refractivity contribution in [2.24, 2.45) is 0 Å². The molecule has 0 aliphatic rings. The molecule has 7 heteroatoms. The molecule has 1 amide bonds. The summed E-state index contributed by atoms with van der Waals surface area (Å²) >= 11 is 11.8. The van der Waals surface area contributed by atoms with Crippen LogP contribution in [0.15, 0.2) is 36.4 Å². The van der Waals surface area contributed by atoms with E-state index in [2.05, 4.69) is 5.32 Å². The number of rotatable bonds is 4. The van der Waals surface area contributed by atoms with Crippen LogP contribution in [-0.4, -0.2) is 10.8 Å². The van der Waals surface area contributed by atoms with Crippen molar-refractivity contribution in [3.05, 3.63) is 73.2 Å². The highest BCUT2D eigenvalue weighted by Gasteiger charge is 2.15. The molecule has 2 aromatic carbocycles. The molecule has 0 atom stereocenters. The summed E-state index contributed by atoms with van der Waals surface area (Å²) in [6.07, 6.45) is 0. The van der Waals surface area contributed by atoms with E-state index in [0.29, 0.717) is 21.2 Å². The molecule has 0 saturated heterocycles. The predicted molar refractivity (Wildman–Crippen MR) is 85.5 cm³/mol. The van der Waals surface area contributed by atoms with E-state index in [9.17, 15) is 14.9 Å². The molecule has 114 valence electrons. The van der Waals surface area contributed by atoms with Crippen LogP contribution in [0.1, 0.15) is 21.5 Å². The molecule has 0 aliphatic heterocycles. The molecule has 0 bridgehead atoms. The first-order chi connectivity index (χ1) is 10.4. The summed E-state index contributed by atoms with van der Waals surface area (Å²) in [6.45, 7) is 1.82. The Morgan fingerprint density at radius 1 is 1.23 bits per heavy atom. The van der Waals surface area contributed by atoms with Crippen molar-refractivity contribution in [2.45, 2.75) is 13.5 Å². The minimum absolute atomic E-state index is 0.0859. The number of benzene rings is 2. The van der Waals surface area contributed by atoms with Gasteiger partial charge in [-0.3, -0.25) is 14.9 Å². The molecule has 0 aliphatic carbocycles. The quantitative estimate of drug-likeness (QED) is 0.672. The number of nitro benzene ring substituents is 1. The van der Waals surface area contributed by atoms with Crippen molar-refractivity contribution >= 4 is 34.8 Å². The Kier molecular flexibility index (Phi) is 5.00. The second-order valence-corrected chi connectivity index (χ2v) is 5.52. The van der Waals surface area contributed by atoms with E-state index in [1.807, 2.05) is 0 Å². The topological polar surface area (TPSA) is 72.2 Å². The molecule has 0 saturated carbocycles. The first-order valence-electron chi connectivity index (χ1n) is 6.35. The molecule has 0 spiro atoms. The molecule has 0 fully saturated rings. The lowest BCUT2D eigenvalue weighted by Gasteiger charge is -2.08. The highest BCUT2D eigenvalue weighted by atomic mass is 35.5. The molecule has 5 nitrogen and oxygen atoms in total. The Balaban J connectivity index is 2.12. The second-order valence-electron chi connectivity index (χ2n) is 4.68. The van der Waals surface area contributed by atoms with E-state index >= 15 is 0 Å².